The van der Waals surface area contributed by atoms with Crippen LogP contribution in [0, 0.1) is 0 Å². The van der Waals surface area contributed by atoms with Crippen LogP contribution in [0.1, 0.15) is 29.1 Å². The average Bonchev–Trinajstić information content (AvgIpc) is 3.07. The topological polar surface area (TPSA) is 98.0 Å². The van der Waals surface area contributed by atoms with E-state index in [2.05, 4.69) is 5.32 Å². The van der Waals surface area contributed by atoms with Crippen LogP contribution >= 0.6 is 0 Å². The third kappa shape index (κ3) is 4.26. The molecule has 1 aromatic carbocycles. The van der Waals surface area contributed by atoms with Crippen molar-refractivity contribution >= 4 is 11.9 Å². The van der Waals surface area contributed by atoms with Gasteiger partial charge in [0.25, 0.3) is 5.91 Å². The molecule has 122 valence electrons. The van der Waals surface area contributed by atoms with Gasteiger partial charge in [-0.05, 0) is 31.2 Å². The minimum absolute atomic E-state index is 0.0438. The highest BCUT2D eigenvalue weighted by atomic mass is 16.5. The second kappa shape index (κ2) is 7.35. The first kappa shape index (κ1) is 16.4. The van der Waals surface area contributed by atoms with Crippen molar-refractivity contribution in [3.8, 4) is 11.5 Å². The zero-order valence-electron chi connectivity index (χ0n) is 12.7. The van der Waals surface area contributed by atoms with Gasteiger partial charge < -0.3 is 24.3 Å². The van der Waals surface area contributed by atoms with E-state index in [1.165, 1.54) is 31.6 Å². The predicted octanol–water partition coefficient (Wildman–Crippen LogP) is 2.03. The van der Waals surface area contributed by atoms with Crippen molar-refractivity contribution in [3.63, 3.8) is 0 Å². The maximum Gasteiger partial charge on any atom is 0.342 e. The van der Waals surface area contributed by atoms with Crippen molar-refractivity contribution in [1.82, 2.24) is 5.32 Å². The molecule has 0 radical (unpaired) electrons. The predicted molar refractivity (Wildman–Crippen MR) is 80.2 cm³/mol. The summed E-state index contributed by atoms with van der Waals surface area (Å²) in [5.41, 5.74) is -0.0438. The van der Waals surface area contributed by atoms with E-state index in [1.807, 2.05) is 0 Å². The summed E-state index contributed by atoms with van der Waals surface area (Å²) in [7, 11) is 1.44. The molecule has 0 aliphatic heterocycles. The number of amides is 1. The molecular weight excluding hydrogens is 302 g/mol. The lowest BCUT2D eigenvalue weighted by molar-refractivity contribution is -0.125. The Hall–Kier alpha value is -2.96. The summed E-state index contributed by atoms with van der Waals surface area (Å²) in [5.74, 6) is -0.554. The van der Waals surface area contributed by atoms with Gasteiger partial charge in [-0.15, -0.1) is 0 Å². The molecule has 7 nitrogen and oxygen atoms in total. The zero-order chi connectivity index (χ0) is 16.8. The minimum atomic E-state index is -0.800. The Bertz CT molecular complexity index is 680. The number of aromatic hydroxyl groups is 1. The highest BCUT2D eigenvalue weighted by molar-refractivity contribution is 5.94. The Kier molecular flexibility index (Phi) is 5.24. The zero-order valence-corrected chi connectivity index (χ0v) is 12.7. The fourth-order valence-electron chi connectivity index (χ4n) is 1.91. The molecule has 0 unspecified atom stereocenters. The highest BCUT2D eigenvalue weighted by Crippen LogP contribution is 2.23. The van der Waals surface area contributed by atoms with Crippen LogP contribution in [-0.4, -0.2) is 30.7 Å². The maximum atomic E-state index is 11.9. The van der Waals surface area contributed by atoms with Crippen LogP contribution in [0.5, 0.6) is 11.5 Å². The Morgan fingerprint density at radius 2 is 2.13 bits per heavy atom. The quantitative estimate of drug-likeness (QED) is 0.791. The van der Waals surface area contributed by atoms with E-state index in [9.17, 15) is 14.7 Å². The number of phenolic OH excluding ortho intramolecular Hbond substituents is 1. The van der Waals surface area contributed by atoms with Crippen LogP contribution in [0.4, 0.5) is 0 Å². The lowest BCUT2D eigenvalue weighted by Crippen LogP contribution is -2.31. The molecule has 0 aliphatic rings. The molecule has 2 rings (SSSR count). The highest BCUT2D eigenvalue weighted by Gasteiger charge is 2.17. The van der Waals surface area contributed by atoms with E-state index in [-0.39, 0.29) is 17.4 Å². The van der Waals surface area contributed by atoms with Crippen LogP contribution in [0.25, 0.3) is 0 Å². The Morgan fingerprint density at radius 3 is 2.74 bits per heavy atom. The standard InChI is InChI=1S/C16H17NO6/c1-10(14-4-3-7-22-14)17-15(19)9-23-16(20)12-6-5-11(21-2)8-13(12)18/h3-8,10,18H,9H2,1-2H3,(H,17,19)/t10-/m1/s1. The number of carbonyl (C=O) groups excluding carboxylic acids is 2. The van der Waals surface area contributed by atoms with Crippen LogP contribution in [0.2, 0.25) is 0 Å². The summed E-state index contributed by atoms with van der Waals surface area (Å²) in [5, 5.41) is 12.4. The maximum absolute atomic E-state index is 11.9. The SMILES string of the molecule is COc1ccc(C(=O)OCC(=O)N[C@H](C)c2ccco2)c(O)c1. The van der Waals surface area contributed by atoms with E-state index in [0.717, 1.165) is 0 Å². The smallest absolute Gasteiger partial charge is 0.342 e. The normalized spacial score (nSPS) is 11.6. The number of benzene rings is 1. The lowest BCUT2D eigenvalue weighted by atomic mass is 10.2. The number of rotatable bonds is 6. The fourth-order valence-corrected chi connectivity index (χ4v) is 1.91. The molecule has 0 fully saturated rings. The van der Waals surface area contributed by atoms with Crippen molar-refractivity contribution in [3.05, 3.63) is 47.9 Å². The average molecular weight is 319 g/mol. The third-order valence-corrected chi connectivity index (χ3v) is 3.11. The molecule has 2 N–H and O–H groups in total. The van der Waals surface area contributed by atoms with E-state index in [1.54, 1.807) is 19.1 Å². The first-order valence-electron chi connectivity index (χ1n) is 6.88. The number of nitrogens with one attached hydrogen (secondary N) is 1. The van der Waals surface area contributed by atoms with Gasteiger partial charge in [-0.1, -0.05) is 0 Å². The molecule has 0 aliphatic carbocycles. The summed E-state index contributed by atoms with van der Waals surface area (Å²) in [6, 6.07) is 7.26. The van der Waals surface area contributed by atoms with Crippen molar-refractivity contribution in [2.75, 3.05) is 13.7 Å². The summed E-state index contributed by atoms with van der Waals surface area (Å²) in [6.07, 6.45) is 1.50. The molecule has 2 aromatic rings. The van der Waals surface area contributed by atoms with Crippen molar-refractivity contribution in [2.45, 2.75) is 13.0 Å². The van der Waals surface area contributed by atoms with Gasteiger partial charge in [-0.25, -0.2) is 4.79 Å². The lowest BCUT2D eigenvalue weighted by Gasteiger charge is -2.12. The van der Waals surface area contributed by atoms with Gasteiger partial charge in [0.2, 0.25) is 0 Å². The van der Waals surface area contributed by atoms with Crippen LogP contribution in [-0.2, 0) is 9.53 Å². The molecule has 7 heteroatoms. The summed E-state index contributed by atoms with van der Waals surface area (Å²) >= 11 is 0. The van der Waals surface area contributed by atoms with Gasteiger partial charge in [-0.3, -0.25) is 4.79 Å². The second-order valence-electron chi connectivity index (χ2n) is 4.76. The van der Waals surface area contributed by atoms with Crippen molar-refractivity contribution in [1.29, 1.82) is 0 Å². The molecule has 1 heterocycles. The number of hydrogen-bond donors (Lipinski definition) is 2. The molecule has 0 bridgehead atoms. The Morgan fingerprint density at radius 1 is 1.35 bits per heavy atom. The molecule has 23 heavy (non-hydrogen) atoms. The fraction of sp³-hybridized carbons (Fsp3) is 0.250. The summed E-state index contributed by atoms with van der Waals surface area (Å²) < 4.78 is 15.0. The largest absolute Gasteiger partial charge is 0.507 e. The van der Waals surface area contributed by atoms with Crippen molar-refractivity contribution < 1.29 is 28.6 Å². The van der Waals surface area contributed by atoms with E-state index < -0.39 is 18.5 Å². The van der Waals surface area contributed by atoms with Crippen molar-refractivity contribution in [2.24, 2.45) is 0 Å². The molecule has 0 saturated carbocycles. The monoisotopic (exact) mass is 319 g/mol. The third-order valence-electron chi connectivity index (χ3n) is 3.11. The molecular formula is C16H17NO6. The number of ether oxygens (including phenoxy) is 2. The Balaban J connectivity index is 1.87. The van der Waals surface area contributed by atoms with Crippen LogP contribution in [0.3, 0.4) is 0 Å². The molecule has 1 amide bonds. The Labute approximate surface area is 132 Å². The summed E-state index contributed by atoms with van der Waals surface area (Å²) in [6.45, 7) is 1.28. The molecule has 1 atom stereocenters. The van der Waals surface area contributed by atoms with Crippen LogP contribution in [0.15, 0.2) is 41.0 Å². The minimum Gasteiger partial charge on any atom is -0.507 e. The van der Waals surface area contributed by atoms with Gasteiger partial charge in [-0.2, -0.15) is 0 Å². The number of esters is 1. The van der Waals surface area contributed by atoms with Gasteiger partial charge in [0.1, 0.15) is 22.8 Å². The number of methoxy groups -OCH3 is 1. The van der Waals surface area contributed by atoms with E-state index in [0.29, 0.717) is 11.5 Å². The summed E-state index contributed by atoms with van der Waals surface area (Å²) in [4.78, 5) is 23.6. The molecule has 1 aromatic heterocycles. The van der Waals surface area contributed by atoms with Gasteiger partial charge >= 0.3 is 5.97 Å². The molecule has 0 spiro atoms. The first-order chi connectivity index (χ1) is 11.0. The number of hydrogen-bond acceptors (Lipinski definition) is 6. The van der Waals surface area contributed by atoms with Gasteiger partial charge in [0.15, 0.2) is 6.61 Å². The number of phenols is 1. The van der Waals surface area contributed by atoms with Gasteiger partial charge in [0, 0.05) is 6.07 Å². The van der Waals surface area contributed by atoms with Crippen LogP contribution < -0.4 is 10.1 Å². The van der Waals surface area contributed by atoms with Gasteiger partial charge in [0.05, 0.1) is 19.4 Å². The second-order valence-corrected chi connectivity index (χ2v) is 4.76. The first-order valence-corrected chi connectivity index (χ1v) is 6.88. The van der Waals surface area contributed by atoms with E-state index >= 15 is 0 Å². The van der Waals surface area contributed by atoms with E-state index in [4.69, 9.17) is 13.9 Å². The number of furan rings is 1. The molecule has 0 saturated heterocycles. The number of carbonyl (C=O) groups is 2.